The number of hydrogen-bond donors (Lipinski definition) is 2. The van der Waals surface area contributed by atoms with Crippen molar-refractivity contribution in [2.45, 2.75) is 65.3 Å². The smallest absolute Gasteiger partial charge is 0.225 e. The predicted octanol–water partition coefficient (Wildman–Crippen LogP) is 5.51. The van der Waals surface area contributed by atoms with Crippen LogP contribution < -0.4 is 15.5 Å². The summed E-state index contributed by atoms with van der Waals surface area (Å²) in [5, 5.41) is 6.99. The van der Waals surface area contributed by atoms with E-state index in [-0.39, 0.29) is 0 Å². The first-order valence-corrected chi connectivity index (χ1v) is 10.4. The topological polar surface area (TPSA) is 53.1 Å². The Kier molecular flexibility index (Phi) is 6.91. The number of nitrogens with one attached hydrogen (secondary N) is 2. The SMILES string of the molecule is CCN(CC)c1ccc(Nc2cc(C)nc(NC3CCCCCC3)n2)cc1. The van der Waals surface area contributed by atoms with Gasteiger partial charge in [0.25, 0.3) is 0 Å². The van der Waals surface area contributed by atoms with E-state index in [0.29, 0.717) is 6.04 Å². The lowest BCUT2D eigenvalue weighted by atomic mass is 10.1. The highest BCUT2D eigenvalue weighted by atomic mass is 15.2. The van der Waals surface area contributed by atoms with Crippen LogP contribution in [0.5, 0.6) is 0 Å². The Balaban J connectivity index is 1.68. The van der Waals surface area contributed by atoms with E-state index in [1.165, 1.54) is 44.2 Å². The van der Waals surface area contributed by atoms with E-state index in [1.807, 2.05) is 13.0 Å². The fourth-order valence-electron chi connectivity index (χ4n) is 3.80. The maximum absolute atomic E-state index is 4.70. The van der Waals surface area contributed by atoms with Crippen LogP contribution in [-0.4, -0.2) is 29.1 Å². The van der Waals surface area contributed by atoms with Gasteiger partial charge < -0.3 is 15.5 Å². The summed E-state index contributed by atoms with van der Waals surface area (Å²) in [5.74, 6) is 1.58. The number of nitrogens with zero attached hydrogens (tertiary/aromatic N) is 3. The van der Waals surface area contributed by atoms with Gasteiger partial charge in [-0.05, 0) is 57.9 Å². The molecule has 0 amide bonds. The van der Waals surface area contributed by atoms with E-state index >= 15 is 0 Å². The summed E-state index contributed by atoms with van der Waals surface area (Å²) in [4.78, 5) is 11.6. The molecule has 1 saturated carbocycles. The monoisotopic (exact) mass is 367 g/mol. The highest BCUT2D eigenvalue weighted by Gasteiger charge is 2.14. The molecular weight excluding hydrogens is 334 g/mol. The van der Waals surface area contributed by atoms with Crippen molar-refractivity contribution in [2.75, 3.05) is 28.6 Å². The van der Waals surface area contributed by atoms with Gasteiger partial charge in [0.2, 0.25) is 5.95 Å². The summed E-state index contributed by atoms with van der Waals surface area (Å²) in [5.41, 5.74) is 3.27. The van der Waals surface area contributed by atoms with E-state index in [0.717, 1.165) is 36.2 Å². The molecule has 0 unspecified atom stereocenters. The Morgan fingerprint density at radius 3 is 2.26 bits per heavy atom. The molecule has 1 heterocycles. The molecule has 2 aromatic rings. The molecular formula is C22H33N5. The standard InChI is InChI=1S/C22H33N5/c1-4-27(5-2)20-14-12-19(13-15-20)24-21-16-17(3)23-22(26-21)25-18-10-8-6-7-9-11-18/h12-16,18H,4-11H2,1-3H3,(H2,23,24,25,26). The lowest BCUT2D eigenvalue weighted by Gasteiger charge is -2.21. The third-order valence-corrected chi connectivity index (χ3v) is 5.31. The van der Waals surface area contributed by atoms with Gasteiger partial charge in [-0.1, -0.05) is 25.7 Å². The Labute approximate surface area is 163 Å². The summed E-state index contributed by atoms with van der Waals surface area (Å²) < 4.78 is 0. The van der Waals surface area contributed by atoms with E-state index in [1.54, 1.807) is 0 Å². The summed E-state index contributed by atoms with van der Waals surface area (Å²) in [7, 11) is 0. The fraction of sp³-hybridized carbons (Fsp3) is 0.545. The molecule has 0 spiro atoms. The quantitative estimate of drug-likeness (QED) is 0.632. The highest BCUT2D eigenvalue weighted by Crippen LogP contribution is 2.23. The zero-order valence-corrected chi connectivity index (χ0v) is 17.0. The Morgan fingerprint density at radius 2 is 1.63 bits per heavy atom. The molecule has 0 bridgehead atoms. The van der Waals surface area contributed by atoms with Gasteiger partial charge in [-0.25, -0.2) is 4.98 Å². The van der Waals surface area contributed by atoms with E-state index in [2.05, 4.69) is 58.6 Å². The van der Waals surface area contributed by atoms with Crippen molar-refractivity contribution in [1.82, 2.24) is 9.97 Å². The van der Waals surface area contributed by atoms with Crippen LogP contribution in [0.2, 0.25) is 0 Å². The van der Waals surface area contributed by atoms with Crippen LogP contribution in [0, 0.1) is 6.92 Å². The van der Waals surface area contributed by atoms with Crippen molar-refractivity contribution in [3.05, 3.63) is 36.0 Å². The van der Waals surface area contributed by atoms with Crippen LogP contribution in [0.3, 0.4) is 0 Å². The largest absolute Gasteiger partial charge is 0.372 e. The van der Waals surface area contributed by atoms with Gasteiger partial charge in [-0.3, -0.25) is 0 Å². The third kappa shape index (κ3) is 5.59. The van der Waals surface area contributed by atoms with Crippen LogP contribution in [0.25, 0.3) is 0 Å². The van der Waals surface area contributed by atoms with Crippen molar-refractivity contribution in [2.24, 2.45) is 0 Å². The minimum absolute atomic E-state index is 0.496. The molecule has 146 valence electrons. The van der Waals surface area contributed by atoms with Gasteiger partial charge in [-0.15, -0.1) is 0 Å². The number of aryl methyl sites for hydroxylation is 1. The molecule has 1 aliphatic rings. The molecule has 5 heteroatoms. The molecule has 0 atom stereocenters. The second-order valence-corrected chi connectivity index (χ2v) is 7.40. The van der Waals surface area contributed by atoms with Crippen LogP contribution in [0.15, 0.2) is 30.3 Å². The summed E-state index contributed by atoms with van der Waals surface area (Å²) in [6.07, 6.45) is 7.73. The van der Waals surface area contributed by atoms with Crippen LogP contribution in [-0.2, 0) is 0 Å². The normalized spacial score (nSPS) is 15.2. The fourth-order valence-corrected chi connectivity index (χ4v) is 3.80. The van der Waals surface area contributed by atoms with Gasteiger partial charge in [0.1, 0.15) is 5.82 Å². The molecule has 1 aromatic heterocycles. The first-order chi connectivity index (χ1) is 13.2. The number of anilines is 4. The molecule has 0 saturated heterocycles. The second-order valence-electron chi connectivity index (χ2n) is 7.40. The van der Waals surface area contributed by atoms with E-state index < -0.39 is 0 Å². The number of rotatable bonds is 7. The summed E-state index contributed by atoms with van der Waals surface area (Å²) in [6.45, 7) is 8.42. The molecule has 27 heavy (non-hydrogen) atoms. The maximum Gasteiger partial charge on any atom is 0.225 e. The van der Waals surface area contributed by atoms with Crippen molar-refractivity contribution in [3.8, 4) is 0 Å². The maximum atomic E-state index is 4.70. The second kappa shape index (κ2) is 9.58. The Hall–Kier alpha value is -2.30. The van der Waals surface area contributed by atoms with Crippen molar-refractivity contribution in [1.29, 1.82) is 0 Å². The first kappa shape index (κ1) is 19.5. The zero-order valence-electron chi connectivity index (χ0n) is 17.0. The lowest BCUT2D eigenvalue weighted by Crippen LogP contribution is -2.21. The summed E-state index contributed by atoms with van der Waals surface area (Å²) >= 11 is 0. The van der Waals surface area contributed by atoms with Gasteiger partial charge in [0.05, 0.1) is 0 Å². The highest BCUT2D eigenvalue weighted by molar-refractivity contribution is 5.61. The average molecular weight is 368 g/mol. The molecule has 3 rings (SSSR count). The van der Waals surface area contributed by atoms with Gasteiger partial charge in [0, 0.05) is 42.3 Å². The van der Waals surface area contributed by atoms with Crippen LogP contribution in [0.1, 0.15) is 58.1 Å². The Morgan fingerprint density at radius 1 is 0.963 bits per heavy atom. The zero-order chi connectivity index (χ0) is 19.1. The van der Waals surface area contributed by atoms with Crippen molar-refractivity contribution >= 4 is 23.1 Å². The number of aromatic nitrogens is 2. The van der Waals surface area contributed by atoms with E-state index in [4.69, 9.17) is 4.98 Å². The predicted molar refractivity (Wildman–Crippen MR) is 115 cm³/mol. The lowest BCUT2D eigenvalue weighted by molar-refractivity contribution is 0.614. The third-order valence-electron chi connectivity index (χ3n) is 5.31. The molecule has 1 aliphatic carbocycles. The molecule has 2 N–H and O–H groups in total. The molecule has 1 fully saturated rings. The van der Waals surface area contributed by atoms with Crippen LogP contribution in [0.4, 0.5) is 23.1 Å². The van der Waals surface area contributed by atoms with Crippen molar-refractivity contribution < 1.29 is 0 Å². The molecule has 0 radical (unpaired) electrons. The molecule has 0 aliphatic heterocycles. The molecule has 5 nitrogen and oxygen atoms in total. The van der Waals surface area contributed by atoms with E-state index in [9.17, 15) is 0 Å². The Bertz CT molecular complexity index is 701. The van der Waals surface area contributed by atoms with Gasteiger partial charge >= 0.3 is 0 Å². The van der Waals surface area contributed by atoms with Gasteiger partial charge in [-0.2, -0.15) is 4.98 Å². The average Bonchev–Trinajstić information content (AvgIpc) is 2.92. The number of benzene rings is 1. The minimum Gasteiger partial charge on any atom is -0.372 e. The molecule has 1 aromatic carbocycles. The van der Waals surface area contributed by atoms with Crippen molar-refractivity contribution in [3.63, 3.8) is 0 Å². The first-order valence-electron chi connectivity index (χ1n) is 10.4. The minimum atomic E-state index is 0.496. The number of hydrogen-bond acceptors (Lipinski definition) is 5. The van der Waals surface area contributed by atoms with Gasteiger partial charge in [0.15, 0.2) is 0 Å². The summed E-state index contributed by atoms with van der Waals surface area (Å²) in [6, 6.07) is 11.0. The van der Waals surface area contributed by atoms with Crippen LogP contribution >= 0.6 is 0 Å².